The largest absolute Gasteiger partial charge is 0.345 e. The summed E-state index contributed by atoms with van der Waals surface area (Å²) >= 11 is 6.90. The molecule has 1 fully saturated rings. The molecule has 0 unspecified atom stereocenters. The fourth-order valence-corrected chi connectivity index (χ4v) is 5.98. The lowest BCUT2D eigenvalue weighted by Gasteiger charge is -2.18. The van der Waals surface area contributed by atoms with Crippen LogP contribution in [0.3, 0.4) is 0 Å². The van der Waals surface area contributed by atoms with Gasteiger partial charge in [-0.15, -0.1) is 11.3 Å². The van der Waals surface area contributed by atoms with E-state index < -0.39 is 10.0 Å². The van der Waals surface area contributed by atoms with Gasteiger partial charge in [0.15, 0.2) is 0 Å². The topological polar surface area (TPSA) is 77.2 Å². The standard InChI is InChI=1S/C14H17ClN4O3S2/c15-11-3-4-13(23-11)24(21,22)17-6-5-12-16-19(9-10-1-2-10)14(20)18(12)8-7-17/h3-4,10H,1-2,5-9H2. The van der Waals surface area contributed by atoms with Crippen LogP contribution in [0.25, 0.3) is 0 Å². The van der Waals surface area contributed by atoms with E-state index >= 15 is 0 Å². The van der Waals surface area contributed by atoms with Gasteiger partial charge in [-0.2, -0.15) is 9.40 Å². The summed E-state index contributed by atoms with van der Waals surface area (Å²) in [6.45, 7) is 1.59. The Morgan fingerprint density at radius 1 is 1.25 bits per heavy atom. The van der Waals surface area contributed by atoms with Gasteiger partial charge in [0.05, 0.1) is 4.34 Å². The molecule has 1 aliphatic heterocycles. The number of rotatable bonds is 4. The van der Waals surface area contributed by atoms with E-state index in [1.807, 2.05) is 0 Å². The maximum absolute atomic E-state index is 12.7. The smallest absolute Gasteiger partial charge is 0.278 e. The lowest BCUT2D eigenvalue weighted by atomic mass is 10.4. The van der Waals surface area contributed by atoms with Crippen LogP contribution in [0.2, 0.25) is 4.34 Å². The third kappa shape index (κ3) is 2.94. The summed E-state index contributed by atoms with van der Waals surface area (Å²) in [5, 5.41) is 4.41. The van der Waals surface area contributed by atoms with Gasteiger partial charge in [-0.05, 0) is 30.9 Å². The maximum Gasteiger partial charge on any atom is 0.345 e. The summed E-state index contributed by atoms with van der Waals surface area (Å²) in [5.74, 6) is 1.24. The number of fused-ring (bicyclic) bond motifs is 1. The van der Waals surface area contributed by atoms with E-state index in [0.29, 0.717) is 42.1 Å². The fourth-order valence-electron chi connectivity index (χ4n) is 2.91. The predicted molar refractivity (Wildman–Crippen MR) is 91.0 cm³/mol. The van der Waals surface area contributed by atoms with Gasteiger partial charge in [-0.1, -0.05) is 11.6 Å². The van der Waals surface area contributed by atoms with E-state index in [9.17, 15) is 13.2 Å². The average molecular weight is 389 g/mol. The van der Waals surface area contributed by atoms with Crippen molar-refractivity contribution in [3.05, 3.63) is 32.8 Å². The molecule has 0 atom stereocenters. The first-order chi connectivity index (χ1) is 11.4. The van der Waals surface area contributed by atoms with Crippen molar-refractivity contribution >= 4 is 33.0 Å². The van der Waals surface area contributed by atoms with Gasteiger partial charge in [0.1, 0.15) is 10.0 Å². The highest BCUT2D eigenvalue weighted by Crippen LogP contribution is 2.30. The number of hydrogen-bond donors (Lipinski definition) is 0. The number of nitrogens with zero attached hydrogens (tertiary/aromatic N) is 4. The molecule has 3 heterocycles. The second-order valence-electron chi connectivity index (χ2n) is 6.19. The number of sulfonamides is 1. The molecule has 1 aliphatic carbocycles. The number of hydrogen-bond acceptors (Lipinski definition) is 5. The Balaban J connectivity index is 1.56. The Bertz CT molecular complexity index is 926. The molecule has 2 aromatic rings. The second-order valence-corrected chi connectivity index (χ2v) is 10.1. The van der Waals surface area contributed by atoms with Crippen molar-refractivity contribution in [1.29, 1.82) is 0 Å². The van der Waals surface area contributed by atoms with Crippen LogP contribution in [-0.2, 0) is 29.5 Å². The molecule has 4 rings (SSSR count). The second kappa shape index (κ2) is 5.98. The highest BCUT2D eigenvalue weighted by atomic mass is 35.5. The van der Waals surface area contributed by atoms with Crippen molar-refractivity contribution in [2.75, 3.05) is 13.1 Å². The molecule has 0 amide bonds. The molecule has 1 saturated carbocycles. The summed E-state index contributed by atoms with van der Waals surface area (Å²) < 4.78 is 30.6. The van der Waals surface area contributed by atoms with Gasteiger partial charge < -0.3 is 0 Å². The molecule has 0 spiro atoms. The molecule has 2 aliphatic rings. The molecule has 0 aromatic carbocycles. The molecule has 0 radical (unpaired) electrons. The molecular weight excluding hydrogens is 372 g/mol. The summed E-state index contributed by atoms with van der Waals surface area (Å²) in [5.41, 5.74) is -0.129. The Morgan fingerprint density at radius 3 is 2.71 bits per heavy atom. The highest BCUT2D eigenvalue weighted by Gasteiger charge is 2.30. The van der Waals surface area contributed by atoms with E-state index in [4.69, 9.17) is 11.6 Å². The van der Waals surface area contributed by atoms with Crippen molar-refractivity contribution in [1.82, 2.24) is 18.7 Å². The van der Waals surface area contributed by atoms with Crippen LogP contribution in [-0.4, -0.2) is 40.2 Å². The number of aromatic nitrogens is 3. The highest BCUT2D eigenvalue weighted by molar-refractivity contribution is 7.91. The maximum atomic E-state index is 12.7. The average Bonchev–Trinajstić information content (AvgIpc) is 3.22. The molecule has 0 bridgehead atoms. The van der Waals surface area contributed by atoms with Crippen LogP contribution < -0.4 is 5.69 Å². The van der Waals surface area contributed by atoms with Crippen LogP contribution in [0, 0.1) is 5.92 Å². The van der Waals surface area contributed by atoms with Crippen LogP contribution in [0.4, 0.5) is 0 Å². The lowest BCUT2D eigenvalue weighted by molar-refractivity contribution is 0.409. The van der Waals surface area contributed by atoms with Crippen molar-refractivity contribution in [3.8, 4) is 0 Å². The van der Waals surface area contributed by atoms with Gasteiger partial charge in [0.2, 0.25) is 0 Å². The molecule has 2 aromatic heterocycles. The van der Waals surface area contributed by atoms with Crippen LogP contribution in [0.15, 0.2) is 21.1 Å². The quantitative estimate of drug-likeness (QED) is 0.793. The van der Waals surface area contributed by atoms with Crippen molar-refractivity contribution in [2.45, 2.75) is 36.6 Å². The number of thiophene rings is 1. The van der Waals surface area contributed by atoms with Gasteiger partial charge in [-0.3, -0.25) is 4.57 Å². The van der Waals surface area contributed by atoms with Crippen LogP contribution in [0.1, 0.15) is 18.7 Å². The van der Waals surface area contributed by atoms with E-state index in [-0.39, 0.29) is 16.4 Å². The molecule has 24 heavy (non-hydrogen) atoms. The van der Waals surface area contributed by atoms with E-state index in [0.717, 1.165) is 24.2 Å². The Hall–Kier alpha value is -1.16. The molecule has 7 nitrogen and oxygen atoms in total. The third-order valence-corrected chi connectivity index (χ3v) is 8.03. The zero-order chi connectivity index (χ0) is 16.9. The van der Waals surface area contributed by atoms with Crippen molar-refractivity contribution < 1.29 is 8.42 Å². The van der Waals surface area contributed by atoms with Gasteiger partial charge in [0, 0.05) is 32.6 Å². The zero-order valence-electron chi connectivity index (χ0n) is 12.9. The van der Waals surface area contributed by atoms with Crippen molar-refractivity contribution in [2.24, 2.45) is 5.92 Å². The molecule has 10 heteroatoms. The van der Waals surface area contributed by atoms with E-state index in [1.165, 1.54) is 15.1 Å². The van der Waals surface area contributed by atoms with Crippen molar-refractivity contribution in [3.63, 3.8) is 0 Å². The first-order valence-corrected chi connectivity index (χ1v) is 10.5. The van der Waals surface area contributed by atoms with Gasteiger partial charge in [-0.25, -0.2) is 17.9 Å². The first kappa shape index (κ1) is 16.3. The summed E-state index contributed by atoms with van der Waals surface area (Å²) in [6, 6.07) is 3.10. The van der Waals surface area contributed by atoms with E-state index in [1.54, 1.807) is 10.6 Å². The van der Waals surface area contributed by atoms with Crippen LogP contribution in [0.5, 0.6) is 0 Å². The Labute approximate surface area is 148 Å². The summed E-state index contributed by atoms with van der Waals surface area (Å²) in [4.78, 5) is 12.4. The SMILES string of the molecule is O=c1n(CC2CC2)nc2n1CCN(S(=O)(=O)c1ccc(Cl)s1)CC2. The lowest BCUT2D eigenvalue weighted by Crippen LogP contribution is -2.35. The van der Waals surface area contributed by atoms with Gasteiger partial charge in [0.25, 0.3) is 10.0 Å². The molecule has 0 N–H and O–H groups in total. The molecule has 130 valence electrons. The fraction of sp³-hybridized carbons (Fsp3) is 0.571. The predicted octanol–water partition coefficient (Wildman–Crippen LogP) is 1.42. The minimum atomic E-state index is -3.57. The third-order valence-electron chi connectivity index (χ3n) is 4.43. The molecular formula is C14H17ClN4O3S2. The normalized spacial score (nSPS) is 19.2. The Kier molecular flexibility index (Phi) is 4.06. The monoisotopic (exact) mass is 388 g/mol. The minimum Gasteiger partial charge on any atom is -0.278 e. The first-order valence-electron chi connectivity index (χ1n) is 7.87. The van der Waals surface area contributed by atoms with Gasteiger partial charge >= 0.3 is 5.69 Å². The van der Waals surface area contributed by atoms with Crippen LogP contribution >= 0.6 is 22.9 Å². The minimum absolute atomic E-state index is 0.129. The molecule has 0 saturated heterocycles. The summed E-state index contributed by atoms with van der Waals surface area (Å²) in [7, 11) is -3.57. The van der Waals surface area contributed by atoms with E-state index in [2.05, 4.69) is 5.10 Å². The zero-order valence-corrected chi connectivity index (χ0v) is 15.3. The number of halogens is 1. The summed E-state index contributed by atoms with van der Waals surface area (Å²) in [6.07, 6.45) is 2.75. The Morgan fingerprint density at radius 2 is 2.04 bits per heavy atom.